The predicted octanol–water partition coefficient (Wildman–Crippen LogP) is 0.851. The molecule has 0 radical (unpaired) electrons. The van der Waals surface area contributed by atoms with Gasteiger partial charge in [-0.2, -0.15) is 0 Å². The van der Waals surface area contributed by atoms with Crippen molar-refractivity contribution in [3.8, 4) is 5.75 Å². The molecule has 72 valence electrons. The van der Waals surface area contributed by atoms with Crippen molar-refractivity contribution >= 4 is 0 Å². The first kappa shape index (κ1) is 9.80. The zero-order valence-electron chi connectivity index (χ0n) is 7.82. The second-order valence-corrected chi connectivity index (χ2v) is 2.50. The van der Waals surface area contributed by atoms with E-state index in [9.17, 15) is 4.79 Å². The Labute approximate surface area is 76.7 Å². The molecule has 0 aliphatic rings. The highest BCUT2D eigenvalue weighted by Crippen LogP contribution is 2.01. The first-order chi connectivity index (χ1) is 6.29. The van der Waals surface area contributed by atoms with Crippen LogP contribution in [0.3, 0.4) is 0 Å². The number of aromatic nitrogens is 1. The van der Waals surface area contributed by atoms with Crippen molar-refractivity contribution in [2.24, 2.45) is 0 Å². The molecule has 13 heavy (non-hydrogen) atoms. The zero-order valence-corrected chi connectivity index (χ0v) is 7.82. The Morgan fingerprint density at radius 1 is 1.54 bits per heavy atom. The summed E-state index contributed by atoms with van der Waals surface area (Å²) in [5, 5.41) is 0. The molecule has 1 aromatic heterocycles. The molecule has 0 saturated heterocycles. The van der Waals surface area contributed by atoms with Crippen LogP contribution in [-0.4, -0.2) is 18.3 Å². The van der Waals surface area contributed by atoms with Gasteiger partial charge in [0.25, 0.3) is 5.56 Å². The van der Waals surface area contributed by atoms with Gasteiger partial charge in [0.2, 0.25) is 0 Å². The number of ether oxygens (including phenoxy) is 2. The maximum atomic E-state index is 11.5. The van der Waals surface area contributed by atoms with Crippen molar-refractivity contribution in [1.82, 2.24) is 4.57 Å². The molecule has 4 nitrogen and oxygen atoms in total. The Hall–Kier alpha value is -1.29. The molecule has 0 atom stereocenters. The van der Waals surface area contributed by atoms with Crippen LogP contribution in [0, 0.1) is 0 Å². The first-order valence-electron chi connectivity index (χ1n) is 4.10. The molecule has 0 spiro atoms. The average molecular weight is 183 g/mol. The molecule has 0 N–H and O–H groups in total. The summed E-state index contributed by atoms with van der Waals surface area (Å²) in [5.41, 5.74) is -0.161. The van der Waals surface area contributed by atoms with Crippen LogP contribution >= 0.6 is 0 Å². The van der Waals surface area contributed by atoms with E-state index in [1.54, 1.807) is 25.4 Å². The number of nitrogens with zero attached hydrogens (tertiary/aromatic N) is 1. The Kier molecular flexibility index (Phi) is 3.52. The number of pyridine rings is 1. The summed E-state index contributed by atoms with van der Waals surface area (Å²) in [6, 6.07) is 3.41. The van der Waals surface area contributed by atoms with E-state index in [1.165, 1.54) is 4.57 Å². The van der Waals surface area contributed by atoms with Gasteiger partial charge in [-0.05, 0) is 19.1 Å². The van der Waals surface area contributed by atoms with Gasteiger partial charge >= 0.3 is 0 Å². The minimum atomic E-state index is -0.161. The van der Waals surface area contributed by atoms with Crippen molar-refractivity contribution in [1.29, 1.82) is 0 Å². The summed E-state index contributed by atoms with van der Waals surface area (Å²) in [5.74, 6) is 0.363. The number of hydrogen-bond donors (Lipinski definition) is 0. The Morgan fingerprint density at radius 3 is 2.92 bits per heavy atom. The lowest BCUT2D eigenvalue weighted by atomic mass is 10.4. The van der Waals surface area contributed by atoms with Crippen molar-refractivity contribution < 1.29 is 9.47 Å². The number of methoxy groups -OCH3 is 1. The minimum absolute atomic E-state index is 0.161. The highest BCUT2D eigenvalue weighted by Gasteiger charge is 2.01. The third kappa shape index (κ3) is 2.32. The normalized spacial score (nSPS) is 10.0. The van der Waals surface area contributed by atoms with Crippen LogP contribution in [0.2, 0.25) is 0 Å². The maximum absolute atomic E-state index is 11.5. The lowest BCUT2D eigenvalue weighted by molar-refractivity contribution is 0.127. The van der Waals surface area contributed by atoms with Gasteiger partial charge in [0, 0.05) is 13.3 Å². The molecule has 0 unspecified atom stereocenters. The Balaban J connectivity index is 2.97. The van der Waals surface area contributed by atoms with E-state index in [-0.39, 0.29) is 12.3 Å². The molecule has 0 fully saturated rings. The molecule has 1 aromatic rings. The zero-order chi connectivity index (χ0) is 9.68. The summed E-state index contributed by atoms with van der Waals surface area (Å²) >= 11 is 0. The van der Waals surface area contributed by atoms with E-state index in [2.05, 4.69) is 0 Å². The quantitative estimate of drug-likeness (QED) is 0.694. The van der Waals surface area contributed by atoms with Crippen LogP contribution in [0.25, 0.3) is 0 Å². The summed E-state index contributed by atoms with van der Waals surface area (Å²) in [6.45, 7) is 2.58. The average Bonchev–Trinajstić information content (AvgIpc) is 2.13. The first-order valence-corrected chi connectivity index (χ1v) is 4.10. The summed E-state index contributed by atoms with van der Waals surface area (Å²) < 4.78 is 11.4. The SMILES string of the molecule is CCOc1cccn(COC)c1=O. The summed E-state index contributed by atoms with van der Waals surface area (Å²) in [4.78, 5) is 11.5. The van der Waals surface area contributed by atoms with E-state index in [0.717, 1.165) is 0 Å². The van der Waals surface area contributed by atoms with Gasteiger partial charge in [0.1, 0.15) is 6.73 Å². The standard InChI is InChI=1S/C9H13NO3/c1-3-13-8-5-4-6-10(7-12-2)9(8)11/h4-6H,3,7H2,1-2H3. The maximum Gasteiger partial charge on any atom is 0.294 e. The third-order valence-electron chi connectivity index (χ3n) is 1.55. The second kappa shape index (κ2) is 4.67. The molecule has 1 heterocycles. The van der Waals surface area contributed by atoms with Gasteiger partial charge in [-0.1, -0.05) is 0 Å². The van der Waals surface area contributed by atoms with Gasteiger partial charge in [-0.3, -0.25) is 9.36 Å². The molecule has 4 heteroatoms. The minimum Gasteiger partial charge on any atom is -0.488 e. The largest absolute Gasteiger partial charge is 0.488 e. The third-order valence-corrected chi connectivity index (χ3v) is 1.55. The molecule has 0 amide bonds. The van der Waals surface area contributed by atoms with Crippen molar-refractivity contribution in [2.75, 3.05) is 13.7 Å². The number of hydrogen-bond acceptors (Lipinski definition) is 3. The molecular formula is C9H13NO3. The van der Waals surface area contributed by atoms with Crippen LogP contribution in [-0.2, 0) is 11.5 Å². The van der Waals surface area contributed by atoms with Crippen LogP contribution in [0.1, 0.15) is 6.92 Å². The monoisotopic (exact) mass is 183 g/mol. The Morgan fingerprint density at radius 2 is 2.31 bits per heavy atom. The van der Waals surface area contributed by atoms with Crippen molar-refractivity contribution in [3.05, 3.63) is 28.7 Å². The fourth-order valence-electron chi connectivity index (χ4n) is 1.02. The molecule has 0 aliphatic heterocycles. The molecule has 0 aromatic carbocycles. The topological polar surface area (TPSA) is 40.5 Å². The van der Waals surface area contributed by atoms with Crippen molar-refractivity contribution in [2.45, 2.75) is 13.7 Å². The van der Waals surface area contributed by atoms with E-state index >= 15 is 0 Å². The van der Waals surface area contributed by atoms with Crippen molar-refractivity contribution in [3.63, 3.8) is 0 Å². The van der Waals surface area contributed by atoms with Gasteiger partial charge in [0.15, 0.2) is 5.75 Å². The molecule has 0 aliphatic carbocycles. The van der Waals surface area contributed by atoms with Crippen LogP contribution < -0.4 is 10.3 Å². The fraction of sp³-hybridized carbons (Fsp3) is 0.444. The van der Waals surface area contributed by atoms with E-state index < -0.39 is 0 Å². The van der Waals surface area contributed by atoms with E-state index in [0.29, 0.717) is 12.4 Å². The smallest absolute Gasteiger partial charge is 0.294 e. The Bertz CT molecular complexity index is 292. The van der Waals surface area contributed by atoms with Crippen LogP contribution in [0.15, 0.2) is 23.1 Å². The van der Waals surface area contributed by atoms with Gasteiger partial charge in [-0.25, -0.2) is 0 Å². The lowest BCUT2D eigenvalue weighted by Crippen LogP contribution is -2.21. The van der Waals surface area contributed by atoms with E-state index in [4.69, 9.17) is 9.47 Å². The highest BCUT2D eigenvalue weighted by molar-refractivity contribution is 5.16. The lowest BCUT2D eigenvalue weighted by Gasteiger charge is -2.06. The molecule has 1 rings (SSSR count). The van der Waals surface area contributed by atoms with Crippen LogP contribution in [0.4, 0.5) is 0 Å². The number of rotatable bonds is 4. The molecular weight excluding hydrogens is 170 g/mol. The van der Waals surface area contributed by atoms with Gasteiger partial charge in [-0.15, -0.1) is 0 Å². The predicted molar refractivity (Wildman–Crippen MR) is 48.9 cm³/mol. The van der Waals surface area contributed by atoms with E-state index in [1.807, 2.05) is 6.92 Å². The summed E-state index contributed by atoms with van der Waals surface area (Å²) in [7, 11) is 1.54. The van der Waals surface area contributed by atoms with Gasteiger partial charge in [0.05, 0.1) is 6.61 Å². The van der Waals surface area contributed by atoms with Gasteiger partial charge < -0.3 is 9.47 Å². The summed E-state index contributed by atoms with van der Waals surface area (Å²) in [6.07, 6.45) is 1.66. The second-order valence-electron chi connectivity index (χ2n) is 2.50. The van der Waals surface area contributed by atoms with Crippen LogP contribution in [0.5, 0.6) is 5.75 Å². The molecule has 0 saturated carbocycles. The highest BCUT2D eigenvalue weighted by atomic mass is 16.5. The fourth-order valence-corrected chi connectivity index (χ4v) is 1.02. The molecule has 0 bridgehead atoms.